The minimum absolute atomic E-state index is 0.0447. The summed E-state index contributed by atoms with van der Waals surface area (Å²) in [4.78, 5) is 4.74. The maximum atomic E-state index is 12.5. The van der Waals surface area contributed by atoms with Crippen molar-refractivity contribution in [3.8, 4) is 0 Å². The average molecular weight is 676 g/mol. The van der Waals surface area contributed by atoms with Gasteiger partial charge in [-0.25, -0.2) is 0 Å². The molecule has 9 nitrogen and oxygen atoms in total. The number of hydrogen-bond acceptors (Lipinski definition) is 9. The number of aliphatic hydroxyl groups is 2. The van der Waals surface area contributed by atoms with Crippen molar-refractivity contribution in [1.82, 2.24) is 9.80 Å². The summed E-state index contributed by atoms with van der Waals surface area (Å²) in [6.07, 6.45) is 6.98. The normalized spacial score (nSPS) is 50.6. The first-order valence-electron chi connectivity index (χ1n) is 19.6. The van der Waals surface area contributed by atoms with Gasteiger partial charge in [0.05, 0.1) is 42.2 Å². The van der Waals surface area contributed by atoms with Crippen LogP contribution in [0.5, 0.6) is 0 Å². The lowest BCUT2D eigenvalue weighted by atomic mass is 9.43. The van der Waals surface area contributed by atoms with E-state index in [9.17, 15) is 10.2 Å². The molecule has 2 spiro atoms. The van der Waals surface area contributed by atoms with Gasteiger partial charge < -0.3 is 39.8 Å². The van der Waals surface area contributed by atoms with E-state index in [1.54, 1.807) is 0 Å². The fraction of sp³-hybridized carbons (Fsp3) is 1.00. The van der Waals surface area contributed by atoms with Gasteiger partial charge >= 0.3 is 0 Å². The van der Waals surface area contributed by atoms with Crippen molar-refractivity contribution in [1.29, 1.82) is 0 Å². The van der Waals surface area contributed by atoms with Gasteiger partial charge in [-0.05, 0) is 132 Å². The number of nitrogens with two attached hydrogens (primary N) is 1. The van der Waals surface area contributed by atoms with E-state index in [1.165, 1.54) is 19.3 Å². The van der Waals surface area contributed by atoms with Crippen LogP contribution >= 0.6 is 0 Å². The molecule has 5 saturated carbocycles. The first kappa shape index (κ1) is 36.0. The SMILES string of the molecule is CCO[C@@H](C1C[C@@H](C)[C@H]2C(O1)[C@H](O)[C@@]1(N)C3CC[C@H]4C(C)(C)[C@@H](O[C@H]5CN(CCN(C)C)CCO5)CC[C@@]45C[C@@]35CC[C@]21C)C(C)(C)O. The summed E-state index contributed by atoms with van der Waals surface area (Å²) in [6.45, 7) is 20.4. The third-order valence-electron chi connectivity index (χ3n) is 15.9. The second kappa shape index (κ2) is 12.1. The summed E-state index contributed by atoms with van der Waals surface area (Å²) in [5.74, 6) is 1.37. The Hall–Kier alpha value is -0.360. The third kappa shape index (κ3) is 5.09. The number of morpholine rings is 1. The Labute approximate surface area is 290 Å². The number of nitrogens with zero attached hydrogens (tertiary/aromatic N) is 2. The van der Waals surface area contributed by atoms with E-state index in [4.69, 9.17) is 24.7 Å². The Kier molecular flexibility index (Phi) is 9.07. The topological polar surface area (TPSA) is 110 Å². The average Bonchev–Trinajstić information content (AvgIpc) is 3.64. The molecule has 14 atom stereocenters. The summed E-state index contributed by atoms with van der Waals surface area (Å²) in [5.41, 5.74) is 6.41. The standard InChI is InChI=1S/C39H69N3O6/c1-10-45-33(35(5,6)44)25-21-24(2)30-31(47-25)32(43)39(40)27-12-11-26-34(3,4)28(48-29-22-42(19-20-46-29)18-17-41(8)9)13-14-37(26)23-38(27,37)16-15-36(30,39)7/h24-33,43-44H,10-23,40H2,1-9H3/t24-,25?,26+,27?,28+,29+,30+,31?,32+,33+,36-,37-,38+,39+/m1/s1. The van der Waals surface area contributed by atoms with E-state index in [-0.39, 0.29) is 58.1 Å². The smallest absolute Gasteiger partial charge is 0.170 e. The molecule has 0 aromatic carbocycles. The predicted molar refractivity (Wildman–Crippen MR) is 186 cm³/mol. The number of aliphatic hydroxyl groups excluding tert-OH is 1. The first-order valence-corrected chi connectivity index (χ1v) is 19.6. The lowest BCUT2D eigenvalue weighted by molar-refractivity contribution is -0.246. The van der Waals surface area contributed by atoms with E-state index in [1.807, 2.05) is 20.8 Å². The zero-order chi connectivity index (χ0) is 34.7. The van der Waals surface area contributed by atoms with E-state index < -0.39 is 23.3 Å². The van der Waals surface area contributed by atoms with Crippen molar-refractivity contribution in [2.24, 2.45) is 51.1 Å². The molecule has 0 bridgehead atoms. The molecule has 7 aliphatic rings. The Balaban J connectivity index is 1.10. The van der Waals surface area contributed by atoms with E-state index >= 15 is 0 Å². The second-order valence-electron chi connectivity index (χ2n) is 19.3. The van der Waals surface area contributed by atoms with E-state index in [2.05, 4.69) is 51.6 Å². The van der Waals surface area contributed by atoms with Gasteiger partial charge in [-0.3, -0.25) is 4.90 Å². The number of ether oxygens (including phenoxy) is 4. The lowest BCUT2D eigenvalue weighted by Gasteiger charge is -2.63. The number of fused-ring (bicyclic) bond motifs is 4. The molecular formula is C39H69N3O6. The van der Waals surface area contributed by atoms with Crippen molar-refractivity contribution in [3.63, 3.8) is 0 Å². The third-order valence-corrected chi connectivity index (χ3v) is 15.9. The fourth-order valence-corrected chi connectivity index (χ4v) is 13.8. The van der Waals surface area contributed by atoms with Crippen LogP contribution in [-0.4, -0.2) is 121 Å². The summed E-state index contributed by atoms with van der Waals surface area (Å²) >= 11 is 0. The lowest BCUT2D eigenvalue weighted by Crippen LogP contribution is -2.70. The van der Waals surface area contributed by atoms with Gasteiger partial charge in [0, 0.05) is 32.8 Å². The molecule has 7 rings (SSSR count). The van der Waals surface area contributed by atoms with Crippen molar-refractivity contribution in [2.45, 2.75) is 148 Å². The van der Waals surface area contributed by atoms with Crippen molar-refractivity contribution in [3.05, 3.63) is 0 Å². The highest BCUT2D eigenvalue weighted by Gasteiger charge is 2.85. The van der Waals surface area contributed by atoms with Gasteiger partial charge in [-0.15, -0.1) is 0 Å². The quantitative estimate of drug-likeness (QED) is 0.330. The molecule has 2 heterocycles. The van der Waals surface area contributed by atoms with Crippen LogP contribution in [0.15, 0.2) is 0 Å². The van der Waals surface area contributed by atoms with Crippen LogP contribution in [0.4, 0.5) is 0 Å². The molecule has 0 amide bonds. The van der Waals surface area contributed by atoms with Crippen LogP contribution in [0.1, 0.15) is 99.8 Å². The highest BCUT2D eigenvalue weighted by Crippen LogP contribution is 2.87. The minimum Gasteiger partial charge on any atom is -0.388 e. The Morgan fingerprint density at radius 3 is 2.46 bits per heavy atom. The van der Waals surface area contributed by atoms with Crippen LogP contribution in [0.25, 0.3) is 0 Å². The maximum absolute atomic E-state index is 12.5. The van der Waals surface area contributed by atoms with Gasteiger partial charge in [0.2, 0.25) is 0 Å². The Bertz CT molecular complexity index is 1190. The molecule has 3 unspecified atom stereocenters. The summed E-state index contributed by atoms with van der Waals surface area (Å²) in [6, 6.07) is 0. The van der Waals surface area contributed by atoms with Gasteiger partial charge in [0.1, 0.15) is 6.10 Å². The molecule has 5 aliphatic carbocycles. The van der Waals surface area contributed by atoms with E-state index in [0.29, 0.717) is 18.4 Å². The fourth-order valence-electron chi connectivity index (χ4n) is 13.8. The highest BCUT2D eigenvalue weighted by molar-refractivity contribution is 5.35. The molecule has 0 radical (unpaired) electrons. The van der Waals surface area contributed by atoms with Crippen molar-refractivity contribution < 1.29 is 29.2 Å². The van der Waals surface area contributed by atoms with Gasteiger partial charge in [0.15, 0.2) is 6.29 Å². The zero-order valence-corrected chi connectivity index (χ0v) is 31.7. The molecule has 7 fully saturated rings. The Morgan fingerprint density at radius 2 is 1.77 bits per heavy atom. The second-order valence-corrected chi connectivity index (χ2v) is 19.3. The highest BCUT2D eigenvalue weighted by atomic mass is 16.7. The van der Waals surface area contributed by atoms with Gasteiger partial charge in [-0.2, -0.15) is 0 Å². The summed E-state index contributed by atoms with van der Waals surface area (Å²) in [5, 5.41) is 23.5. The summed E-state index contributed by atoms with van der Waals surface area (Å²) < 4.78 is 26.1. The largest absolute Gasteiger partial charge is 0.388 e. The van der Waals surface area contributed by atoms with Crippen LogP contribution in [-0.2, 0) is 18.9 Å². The predicted octanol–water partition coefficient (Wildman–Crippen LogP) is 4.27. The molecular weight excluding hydrogens is 606 g/mol. The van der Waals surface area contributed by atoms with Crippen molar-refractivity contribution >= 4 is 0 Å². The molecule has 4 N–H and O–H groups in total. The molecule has 0 aromatic heterocycles. The van der Waals surface area contributed by atoms with Crippen LogP contribution in [0, 0.1) is 45.3 Å². The van der Waals surface area contributed by atoms with Gasteiger partial charge in [0.25, 0.3) is 0 Å². The number of rotatable bonds is 9. The van der Waals surface area contributed by atoms with Crippen molar-refractivity contribution in [2.75, 3.05) is 53.5 Å². The van der Waals surface area contributed by atoms with Crippen LogP contribution in [0.3, 0.4) is 0 Å². The Morgan fingerprint density at radius 1 is 1.06 bits per heavy atom. The molecule has 2 aliphatic heterocycles. The monoisotopic (exact) mass is 676 g/mol. The molecule has 0 aromatic rings. The minimum atomic E-state index is -1.04. The molecule has 276 valence electrons. The van der Waals surface area contributed by atoms with Crippen LogP contribution < -0.4 is 5.73 Å². The van der Waals surface area contributed by atoms with E-state index in [0.717, 1.165) is 64.9 Å². The zero-order valence-electron chi connectivity index (χ0n) is 31.7. The summed E-state index contributed by atoms with van der Waals surface area (Å²) in [7, 11) is 4.27. The van der Waals surface area contributed by atoms with Crippen LogP contribution in [0.2, 0.25) is 0 Å². The van der Waals surface area contributed by atoms with Gasteiger partial charge in [-0.1, -0.05) is 27.7 Å². The first-order chi connectivity index (χ1) is 22.5. The molecule has 9 heteroatoms. The maximum Gasteiger partial charge on any atom is 0.170 e. The molecule has 2 saturated heterocycles. The number of hydrogen-bond donors (Lipinski definition) is 3. The molecule has 48 heavy (non-hydrogen) atoms. The number of likely N-dealkylation sites (N-methyl/N-ethyl adjacent to an activating group) is 1.